The van der Waals surface area contributed by atoms with Crippen LogP contribution in [0.1, 0.15) is 26.2 Å². The number of ether oxygens (including phenoxy) is 1. The molecule has 0 aromatic carbocycles. The number of nitrogens with one attached hydrogen (secondary N) is 1. The van der Waals surface area contributed by atoms with E-state index in [1.165, 1.54) is 0 Å². The van der Waals surface area contributed by atoms with Crippen LogP contribution >= 0.6 is 0 Å². The van der Waals surface area contributed by atoms with Crippen LogP contribution < -0.4 is 5.48 Å². The number of hydrogen-bond donors (Lipinski definition) is 2. The van der Waals surface area contributed by atoms with E-state index in [1.807, 2.05) is 6.92 Å². The normalized spacial score (nSPS) is 29.8. The highest BCUT2D eigenvalue weighted by Crippen LogP contribution is 2.21. The first-order valence-corrected chi connectivity index (χ1v) is 4.33. The van der Waals surface area contributed by atoms with Crippen LogP contribution in [0.15, 0.2) is 0 Å². The van der Waals surface area contributed by atoms with E-state index in [2.05, 4.69) is 0 Å². The molecule has 0 aromatic heterocycles. The van der Waals surface area contributed by atoms with E-state index in [4.69, 9.17) is 9.94 Å². The van der Waals surface area contributed by atoms with Crippen molar-refractivity contribution >= 4 is 5.91 Å². The summed E-state index contributed by atoms with van der Waals surface area (Å²) in [4.78, 5) is 11.0. The molecule has 0 aliphatic carbocycles. The summed E-state index contributed by atoms with van der Waals surface area (Å²) in [5, 5.41) is 8.41. The monoisotopic (exact) mass is 173 g/mol. The first-order valence-electron chi connectivity index (χ1n) is 4.33. The molecule has 4 nitrogen and oxygen atoms in total. The van der Waals surface area contributed by atoms with Gasteiger partial charge in [0, 0.05) is 12.5 Å². The fourth-order valence-electron chi connectivity index (χ4n) is 1.49. The highest BCUT2D eigenvalue weighted by molar-refractivity contribution is 5.77. The van der Waals surface area contributed by atoms with Gasteiger partial charge in [0.05, 0.1) is 6.10 Å². The SMILES string of the molecule is CCC1CC(C(=O)NO)CCO1. The van der Waals surface area contributed by atoms with Crippen LogP contribution in [-0.4, -0.2) is 23.8 Å². The van der Waals surface area contributed by atoms with Gasteiger partial charge >= 0.3 is 0 Å². The van der Waals surface area contributed by atoms with Gasteiger partial charge < -0.3 is 4.74 Å². The summed E-state index contributed by atoms with van der Waals surface area (Å²) in [6, 6.07) is 0. The summed E-state index contributed by atoms with van der Waals surface area (Å²) in [6.07, 6.45) is 2.54. The number of carbonyl (C=O) groups is 1. The molecule has 1 fully saturated rings. The minimum Gasteiger partial charge on any atom is -0.378 e. The first-order chi connectivity index (χ1) is 5.77. The van der Waals surface area contributed by atoms with E-state index in [-0.39, 0.29) is 17.9 Å². The van der Waals surface area contributed by atoms with Crippen molar-refractivity contribution in [2.24, 2.45) is 5.92 Å². The van der Waals surface area contributed by atoms with Crippen molar-refractivity contribution in [1.82, 2.24) is 5.48 Å². The van der Waals surface area contributed by atoms with Gasteiger partial charge in [-0.3, -0.25) is 10.0 Å². The standard InChI is InChI=1S/C8H15NO3/c1-2-7-5-6(3-4-12-7)8(10)9-11/h6-7,11H,2-5H2,1H3,(H,9,10). The van der Waals surface area contributed by atoms with Crippen molar-refractivity contribution in [2.45, 2.75) is 32.3 Å². The molecule has 2 atom stereocenters. The number of amides is 1. The average molecular weight is 173 g/mol. The lowest BCUT2D eigenvalue weighted by Crippen LogP contribution is -2.35. The Kier molecular flexibility index (Phi) is 3.49. The van der Waals surface area contributed by atoms with Crippen LogP contribution in [0.25, 0.3) is 0 Å². The quantitative estimate of drug-likeness (QED) is 0.477. The second-order valence-electron chi connectivity index (χ2n) is 3.10. The van der Waals surface area contributed by atoms with Gasteiger partial charge in [0.25, 0.3) is 0 Å². The van der Waals surface area contributed by atoms with Crippen molar-refractivity contribution in [3.63, 3.8) is 0 Å². The van der Waals surface area contributed by atoms with Crippen LogP contribution in [0.5, 0.6) is 0 Å². The minimum absolute atomic E-state index is 0.0753. The molecule has 0 bridgehead atoms. The van der Waals surface area contributed by atoms with Gasteiger partial charge in [0.2, 0.25) is 5.91 Å². The average Bonchev–Trinajstić information content (AvgIpc) is 2.17. The Morgan fingerprint density at radius 3 is 3.08 bits per heavy atom. The molecule has 1 saturated heterocycles. The number of carbonyl (C=O) groups excluding carboxylic acids is 1. The lowest BCUT2D eigenvalue weighted by Gasteiger charge is -2.27. The number of hydrogen-bond acceptors (Lipinski definition) is 3. The van der Waals surface area contributed by atoms with Crippen LogP contribution in [0, 0.1) is 5.92 Å². The van der Waals surface area contributed by atoms with E-state index in [0.717, 1.165) is 12.8 Å². The Labute approximate surface area is 71.9 Å². The molecule has 0 aromatic rings. The molecule has 1 aliphatic heterocycles. The molecule has 4 heteroatoms. The maximum Gasteiger partial charge on any atom is 0.246 e. The highest BCUT2D eigenvalue weighted by atomic mass is 16.5. The van der Waals surface area contributed by atoms with Gasteiger partial charge in [-0.1, -0.05) is 6.92 Å². The maximum atomic E-state index is 11.0. The van der Waals surface area contributed by atoms with Crippen LogP contribution in [0.2, 0.25) is 0 Å². The molecule has 1 aliphatic rings. The highest BCUT2D eigenvalue weighted by Gasteiger charge is 2.26. The summed E-state index contributed by atoms with van der Waals surface area (Å²) >= 11 is 0. The Bertz CT molecular complexity index is 160. The van der Waals surface area contributed by atoms with E-state index >= 15 is 0 Å². The van der Waals surface area contributed by atoms with Gasteiger partial charge in [0.15, 0.2) is 0 Å². The third kappa shape index (κ3) is 2.19. The van der Waals surface area contributed by atoms with Gasteiger partial charge in [-0.15, -0.1) is 0 Å². The zero-order valence-electron chi connectivity index (χ0n) is 7.25. The Morgan fingerprint density at radius 1 is 1.75 bits per heavy atom. The fourth-order valence-corrected chi connectivity index (χ4v) is 1.49. The van der Waals surface area contributed by atoms with Crippen molar-refractivity contribution < 1.29 is 14.7 Å². The molecule has 0 spiro atoms. The zero-order chi connectivity index (χ0) is 8.97. The van der Waals surface area contributed by atoms with E-state index < -0.39 is 0 Å². The topological polar surface area (TPSA) is 58.6 Å². The predicted molar refractivity (Wildman–Crippen MR) is 42.7 cm³/mol. The Morgan fingerprint density at radius 2 is 2.50 bits per heavy atom. The maximum absolute atomic E-state index is 11.0. The third-order valence-electron chi connectivity index (χ3n) is 2.30. The van der Waals surface area contributed by atoms with Gasteiger partial charge in [-0.05, 0) is 19.3 Å². The molecule has 1 rings (SSSR count). The largest absolute Gasteiger partial charge is 0.378 e. The summed E-state index contributed by atoms with van der Waals surface area (Å²) < 4.78 is 5.39. The minimum atomic E-state index is -0.281. The van der Waals surface area contributed by atoms with Crippen LogP contribution in [0.4, 0.5) is 0 Å². The second kappa shape index (κ2) is 4.42. The molecule has 1 amide bonds. The third-order valence-corrected chi connectivity index (χ3v) is 2.30. The predicted octanol–water partition coefficient (Wildman–Crippen LogP) is 0.697. The van der Waals surface area contributed by atoms with Crippen molar-refractivity contribution in [1.29, 1.82) is 0 Å². The summed E-state index contributed by atoms with van der Waals surface area (Å²) in [6.45, 7) is 2.65. The first kappa shape index (κ1) is 9.48. The van der Waals surface area contributed by atoms with E-state index in [9.17, 15) is 4.79 Å². The number of rotatable bonds is 2. The second-order valence-corrected chi connectivity index (χ2v) is 3.10. The molecular formula is C8H15NO3. The number of hydroxylamine groups is 1. The van der Waals surface area contributed by atoms with Crippen molar-refractivity contribution in [2.75, 3.05) is 6.61 Å². The van der Waals surface area contributed by atoms with Crippen molar-refractivity contribution in [3.8, 4) is 0 Å². The fraction of sp³-hybridized carbons (Fsp3) is 0.875. The van der Waals surface area contributed by atoms with E-state index in [1.54, 1.807) is 5.48 Å². The van der Waals surface area contributed by atoms with Gasteiger partial charge in [0.1, 0.15) is 0 Å². The molecule has 0 saturated carbocycles. The zero-order valence-corrected chi connectivity index (χ0v) is 7.25. The van der Waals surface area contributed by atoms with Crippen LogP contribution in [-0.2, 0) is 9.53 Å². The van der Waals surface area contributed by atoms with Gasteiger partial charge in [-0.2, -0.15) is 0 Å². The van der Waals surface area contributed by atoms with Crippen LogP contribution in [0.3, 0.4) is 0 Å². The van der Waals surface area contributed by atoms with Gasteiger partial charge in [-0.25, -0.2) is 5.48 Å². The molecule has 12 heavy (non-hydrogen) atoms. The molecule has 1 heterocycles. The Hall–Kier alpha value is -0.610. The van der Waals surface area contributed by atoms with Crippen molar-refractivity contribution in [3.05, 3.63) is 0 Å². The summed E-state index contributed by atoms with van der Waals surface area (Å²) in [7, 11) is 0. The smallest absolute Gasteiger partial charge is 0.246 e. The molecule has 2 N–H and O–H groups in total. The van der Waals surface area contributed by atoms with E-state index in [0.29, 0.717) is 13.0 Å². The molecule has 2 unspecified atom stereocenters. The summed E-state index contributed by atoms with van der Waals surface area (Å²) in [5.74, 6) is -0.356. The molecular weight excluding hydrogens is 158 g/mol. The Balaban J connectivity index is 2.40. The lowest BCUT2D eigenvalue weighted by atomic mass is 9.94. The molecule has 0 radical (unpaired) electrons. The molecule has 70 valence electrons. The lowest BCUT2D eigenvalue weighted by molar-refractivity contribution is -0.138. The summed E-state index contributed by atoms with van der Waals surface area (Å²) in [5.41, 5.74) is 1.68.